The number of aromatic nitrogens is 1. The van der Waals surface area contributed by atoms with Crippen molar-refractivity contribution >= 4 is 28.5 Å². The summed E-state index contributed by atoms with van der Waals surface area (Å²) in [6.45, 7) is 9.51. The molecule has 0 unspecified atom stereocenters. The molecule has 0 fully saturated rings. The Hall–Kier alpha value is -3.25. The Labute approximate surface area is 188 Å². The third-order valence-corrected chi connectivity index (χ3v) is 6.14. The normalized spacial score (nSPS) is 13.8. The van der Waals surface area contributed by atoms with Crippen LogP contribution in [0.5, 0.6) is 0 Å². The lowest BCUT2D eigenvalue weighted by Crippen LogP contribution is -2.37. The molecule has 1 aromatic heterocycles. The molecule has 0 aliphatic carbocycles. The SMILES string of the molecule is Cc1ccc(NC(=O)COC(=O)c2c3c(nc4ccccc24)CCN(C(C)C)C3)cc1C. The molecule has 0 atom stereocenters. The van der Waals surface area contributed by atoms with Crippen molar-refractivity contribution in [1.29, 1.82) is 0 Å². The van der Waals surface area contributed by atoms with E-state index in [1.165, 1.54) is 0 Å². The summed E-state index contributed by atoms with van der Waals surface area (Å²) in [6.07, 6.45) is 0.784. The molecule has 3 aromatic rings. The van der Waals surface area contributed by atoms with Crippen molar-refractivity contribution in [2.75, 3.05) is 18.5 Å². The minimum atomic E-state index is -0.485. The van der Waals surface area contributed by atoms with Crippen LogP contribution in [0.1, 0.15) is 46.6 Å². The van der Waals surface area contributed by atoms with Crippen molar-refractivity contribution in [3.05, 3.63) is 70.4 Å². The maximum Gasteiger partial charge on any atom is 0.339 e. The summed E-state index contributed by atoms with van der Waals surface area (Å²) < 4.78 is 5.49. The summed E-state index contributed by atoms with van der Waals surface area (Å²) in [6, 6.07) is 13.7. The van der Waals surface area contributed by atoms with Gasteiger partial charge in [-0.3, -0.25) is 14.7 Å². The molecule has 0 bridgehead atoms. The summed E-state index contributed by atoms with van der Waals surface area (Å²) >= 11 is 0. The van der Waals surface area contributed by atoms with E-state index in [0.29, 0.717) is 23.8 Å². The zero-order valence-electron chi connectivity index (χ0n) is 19.1. The Balaban J connectivity index is 1.57. The minimum Gasteiger partial charge on any atom is -0.452 e. The van der Waals surface area contributed by atoms with E-state index in [1.807, 2.05) is 56.3 Å². The molecule has 1 amide bonds. The smallest absolute Gasteiger partial charge is 0.339 e. The number of benzene rings is 2. The number of fused-ring (bicyclic) bond motifs is 2. The maximum absolute atomic E-state index is 13.2. The summed E-state index contributed by atoms with van der Waals surface area (Å²) in [5, 5.41) is 3.56. The van der Waals surface area contributed by atoms with Gasteiger partial charge < -0.3 is 10.1 Å². The van der Waals surface area contributed by atoms with E-state index < -0.39 is 5.97 Å². The van der Waals surface area contributed by atoms with Crippen LogP contribution in [-0.4, -0.2) is 41.0 Å². The number of para-hydroxylation sites is 1. The molecule has 2 aromatic carbocycles. The number of esters is 1. The molecular formula is C26H29N3O3. The zero-order valence-corrected chi connectivity index (χ0v) is 19.1. The number of nitrogens with zero attached hydrogens (tertiary/aromatic N) is 2. The van der Waals surface area contributed by atoms with Gasteiger partial charge in [-0.15, -0.1) is 0 Å². The molecule has 166 valence electrons. The molecule has 32 heavy (non-hydrogen) atoms. The van der Waals surface area contributed by atoms with Crippen LogP contribution >= 0.6 is 0 Å². The maximum atomic E-state index is 13.2. The first-order chi connectivity index (χ1) is 15.3. The third kappa shape index (κ3) is 4.50. The second-order valence-corrected chi connectivity index (χ2v) is 8.67. The molecule has 1 aliphatic rings. The fourth-order valence-electron chi connectivity index (χ4n) is 4.10. The number of nitrogens with one attached hydrogen (secondary N) is 1. The number of amides is 1. The van der Waals surface area contributed by atoms with Crippen LogP contribution in [0.2, 0.25) is 0 Å². The van der Waals surface area contributed by atoms with Crippen LogP contribution in [0.25, 0.3) is 10.9 Å². The first-order valence-electron chi connectivity index (χ1n) is 11.0. The van der Waals surface area contributed by atoms with Crippen molar-refractivity contribution in [3.8, 4) is 0 Å². The van der Waals surface area contributed by atoms with Gasteiger partial charge in [0.2, 0.25) is 0 Å². The van der Waals surface area contributed by atoms with Crippen molar-refractivity contribution < 1.29 is 14.3 Å². The van der Waals surface area contributed by atoms with E-state index in [4.69, 9.17) is 9.72 Å². The fourth-order valence-corrected chi connectivity index (χ4v) is 4.10. The summed E-state index contributed by atoms with van der Waals surface area (Å²) in [7, 11) is 0. The molecule has 1 N–H and O–H groups in total. The van der Waals surface area contributed by atoms with Gasteiger partial charge in [-0.2, -0.15) is 0 Å². The predicted molar refractivity (Wildman–Crippen MR) is 126 cm³/mol. The highest BCUT2D eigenvalue weighted by molar-refractivity contribution is 6.06. The van der Waals surface area contributed by atoms with Crippen molar-refractivity contribution in [3.63, 3.8) is 0 Å². The van der Waals surface area contributed by atoms with Gasteiger partial charge in [0.1, 0.15) is 0 Å². The number of aryl methyl sites for hydroxylation is 2. The number of rotatable bonds is 5. The largest absolute Gasteiger partial charge is 0.452 e. The van der Waals surface area contributed by atoms with E-state index in [-0.39, 0.29) is 12.5 Å². The number of anilines is 1. The molecule has 6 heteroatoms. The van der Waals surface area contributed by atoms with Crippen molar-refractivity contribution in [2.45, 2.75) is 46.7 Å². The quantitative estimate of drug-likeness (QED) is 0.606. The van der Waals surface area contributed by atoms with Crippen LogP contribution in [-0.2, 0) is 22.5 Å². The number of hydrogen-bond donors (Lipinski definition) is 1. The Kier molecular flexibility index (Phi) is 6.24. The van der Waals surface area contributed by atoms with Crippen LogP contribution in [0.3, 0.4) is 0 Å². The molecule has 0 radical (unpaired) electrons. The van der Waals surface area contributed by atoms with Gasteiger partial charge >= 0.3 is 5.97 Å². The molecule has 0 spiro atoms. The standard InChI is InChI=1S/C26H29N3O3/c1-16(2)29-12-11-23-21(14-29)25(20-7-5-6-8-22(20)28-23)26(31)32-15-24(30)27-19-10-9-17(3)18(4)13-19/h5-10,13,16H,11-12,14-15H2,1-4H3,(H,27,30). The van der Waals surface area contributed by atoms with Crippen molar-refractivity contribution in [1.82, 2.24) is 9.88 Å². The van der Waals surface area contributed by atoms with E-state index >= 15 is 0 Å². The summed E-state index contributed by atoms with van der Waals surface area (Å²) in [4.78, 5) is 32.8. The van der Waals surface area contributed by atoms with E-state index in [2.05, 4.69) is 24.1 Å². The fraction of sp³-hybridized carbons (Fsp3) is 0.346. The number of carbonyl (C=O) groups is 2. The van der Waals surface area contributed by atoms with Crippen LogP contribution in [0.4, 0.5) is 5.69 Å². The average molecular weight is 432 g/mol. The number of hydrogen-bond acceptors (Lipinski definition) is 5. The minimum absolute atomic E-state index is 0.342. The average Bonchev–Trinajstić information content (AvgIpc) is 2.77. The van der Waals surface area contributed by atoms with E-state index in [0.717, 1.165) is 46.3 Å². The molecule has 4 rings (SSSR count). The number of pyridine rings is 1. The van der Waals surface area contributed by atoms with Gasteiger partial charge in [0.15, 0.2) is 6.61 Å². The number of carbonyl (C=O) groups excluding carboxylic acids is 2. The molecular weight excluding hydrogens is 402 g/mol. The Bertz CT molecular complexity index is 1190. The second-order valence-electron chi connectivity index (χ2n) is 8.67. The summed E-state index contributed by atoms with van der Waals surface area (Å²) in [5.74, 6) is -0.849. The highest BCUT2D eigenvalue weighted by Gasteiger charge is 2.27. The Morgan fingerprint density at radius 1 is 1.12 bits per heavy atom. The van der Waals surface area contributed by atoms with Gasteiger partial charge in [-0.1, -0.05) is 24.3 Å². The lowest BCUT2D eigenvalue weighted by Gasteiger charge is -2.32. The van der Waals surface area contributed by atoms with Crippen LogP contribution < -0.4 is 5.32 Å². The predicted octanol–water partition coefficient (Wildman–Crippen LogP) is 4.41. The van der Waals surface area contributed by atoms with Gasteiger partial charge in [-0.05, 0) is 57.0 Å². The van der Waals surface area contributed by atoms with Crippen LogP contribution in [0.15, 0.2) is 42.5 Å². The second kappa shape index (κ2) is 9.09. The number of ether oxygens (including phenoxy) is 1. The summed E-state index contributed by atoms with van der Waals surface area (Å²) in [5.41, 5.74) is 6.07. The van der Waals surface area contributed by atoms with Gasteiger partial charge in [0, 0.05) is 47.9 Å². The lowest BCUT2D eigenvalue weighted by molar-refractivity contribution is -0.119. The highest BCUT2D eigenvalue weighted by Crippen LogP contribution is 2.29. The van der Waals surface area contributed by atoms with E-state index in [9.17, 15) is 9.59 Å². The molecule has 2 heterocycles. The van der Waals surface area contributed by atoms with Crippen molar-refractivity contribution in [2.24, 2.45) is 0 Å². The molecule has 1 aliphatic heterocycles. The molecule has 0 saturated heterocycles. The van der Waals surface area contributed by atoms with Gasteiger partial charge in [0.25, 0.3) is 5.91 Å². The Morgan fingerprint density at radius 3 is 2.66 bits per heavy atom. The van der Waals surface area contributed by atoms with Gasteiger partial charge in [0.05, 0.1) is 11.1 Å². The lowest BCUT2D eigenvalue weighted by atomic mass is 9.95. The Morgan fingerprint density at radius 2 is 1.91 bits per heavy atom. The molecule has 0 saturated carbocycles. The van der Waals surface area contributed by atoms with E-state index in [1.54, 1.807) is 0 Å². The van der Waals surface area contributed by atoms with Gasteiger partial charge in [-0.25, -0.2) is 4.79 Å². The topological polar surface area (TPSA) is 71.5 Å². The first-order valence-corrected chi connectivity index (χ1v) is 11.0. The highest BCUT2D eigenvalue weighted by atomic mass is 16.5. The van der Waals surface area contributed by atoms with Crippen LogP contribution in [0, 0.1) is 13.8 Å². The monoisotopic (exact) mass is 431 g/mol. The zero-order chi connectivity index (χ0) is 22.8. The third-order valence-electron chi connectivity index (χ3n) is 6.14. The molecule has 6 nitrogen and oxygen atoms in total. The first kappa shape index (κ1) is 22.0.